The van der Waals surface area contributed by atoms with Crippen LogP contribution in [0.3, 0.4) is 0 Å². The van der Waals surface area contributed by atoms with Gasteiger partial charge in [-0.25, -0.2) is 0 Å². The number of hydrogen-bond acceptors (Lipinski definition) is 7. The first kappa shape index (κ1) is 9.46. The van der Waals surface area contributed by atoms with E-state index < -0.39 is 4.92 Å². The zero-order valence-corrected chi connectivity index (χ0v) is 8.14. The normalized spacial score (nSPS) is 10.1. The first-order valence-corrected chi connectivity index (χ1v) is 4.65. The van der Waals surface area contributed by atoms with Gasteiger partial charge in [0.2, 0.25) is 11.5 Å². The maximum Gasteiger partial charge on any atom is 0.364 e. The van der Waals surface area contributed by atoms with Crippen molar-refractivity contribution in [1.29, 1.82) is 0 Å². The Morgan fingerprint density at radius 2 is 2.20 bits per heavy atom. The first-order chi connectivity index (χ1) is 7.16. The van der Waals surface area contributed by atoms with Crippen molar-refractivity contribution < 1.29 is 4.92 Å². The molecule has 2 heterocycles. The lowest BCUT2D eigenvalue weighted by atomic mass is 10.3. The molecular formula is C7H5N5O2S. The Kier molecular flexibility index (Phi) is 2.26. The average Bonchev–Trinajstić information content (AvgIpc) is 2.65. The van der Waals surface area contributed by atoms with Crippen molar-refractivity contribution in [2.75, 3.05) is 5.73 Å². The number of rotatable bonds is 2. The second-order valence-electron chi connectivity index (χ2n) is 2.59. The van der Waals surface area contributed by atoms with E-state index in [1.165, 1.54) is 12.1 Å². The molecule has 0 fully saturated rings. The number of nitrogens with two attached hydrogens (primary N) is 1. The topological polar surface area (TPSA) is 108 Å². The molecule has 2 aromatic rings. The Morgan fingerprint density at radius 1 is 1.40 bits per heavy atom. The molecule has 2 aromatic heterocycles. The quantitative estimate of drug-likeness (QED) is 0.603. The summed E-state index contributed by atoms with van der Waals surface area (Å²) in [6.45, 7) is 0. The molecule has 2 N–H and O–H groups in total. The predicted molar refractivity (Wildman–Crippen MR) is 54.2 cm³/mol. The van der Waals surface area contributed by atoms with Gasteiger partial charge < -0.3 is 15.8 Å². The third-order valence-electron chi connectivity index (χ3n) is 1.59. The van der Waals surface area contributed by atoms with Gasteiger partial charge in [0, 0.05) is 17.6 Å². The van der Waals surface area contributed by atoms with E-state index in [2.05, 4.69) is 14.3 Å². The zero-order valence-electron chi connectivity index (χ0n) is 7.32. The maximum absolute atomic E-state index is 10.5. The van der Waals surface area contributed by atoms with Crippen molar-refractivity contribution in [2.45, 2.75) is 0 Å². The van der Waals surface area contributed by atoms with Gasteiger partial charge in [-0.05, 0) is 22.0 Å². The van der Waals surface area contributed by atoms with Crippen molar-refractivity contribution in [3.05, 3.63) is 28.3 Å². The molecule has 2 rings (SSSR count). The van der Waals surface area contributed by atoms with Crippen molar-refractivity contribution in [2.24, 2.45) is 0 Å². The molecule has 0 aliphatic carbocycles. The van der Waals surface area contributed by atoms with Crippen LogP contribution in [0.25, 0.3) is 11.5 Å². The SMILES string of the molecule is Nc1nc(-c2cccc([N+](=O)[O-])n2)ns1. The number of nitrogens with zero attached hydrogens (tertiary/aromatic N) is 4. The van der Waals surface area contributed by atoms with Gasteiger partial charge in [-0.15, -0.1) is 0 Å². The molecule has 15 heavy (non-hydrogen) atoms. The highest BCUT2D eigenvalue weighted by Crippen LogP contribution is 2.19. The summed E-state index contributed by atoms with van der Waals surface area (Å²) in [5.41, 5.74) is 5.74. The van der Waals surface area contributed by atoms with Gasteiger partial charge in [0.1, 0.15) is 0 Å². The highest BCUT2D eigenvalue weighted by molar-refractivity contribution is 7.09. The molecule has 0 aromatic carbocycles. The van der Waals surface area contributed by atoms with Crippen LogP contribution in [0, 0.1) is 10.1 Å². The lowest BCUT2D eigenvalue weighted by Crippen LogP contribution is -1.94. The summed E-state index contributed by atoms with van der Waals surface area (Å²) in [4.78, 5) is 17.6. The van der Waals surface area contributed by atoms with Crippen molar-refractivity contribution >= 4 is 22.5 Å². The van der Waals surface area contributed by atoms with Crippen molar-refractivity contribution in [1.82, 2.24) is 14.3 Å². The van der Waals surface area contributed by atoms with E-state index in [-0.39, 0.29) is 5.82 Å². The molecule has 76 valence electrons. The molecule has 0 bridgehead atoms. The Labute approximate surface area is 87.9 Å². The van der Waals surface area contributed by atoms with Crippen LogP contribution < -0.4 is 5.73 Å². The van der Waals surface area contributed by atoms with E-state index in [0.717, 1.165) is 11.5 Å². The third-order valence-corrected chi connectivity index (χ3v) is 2.13. The number of nitro groups is 1. The molecule has 0 saturated carbocycles. The summed E-state index contributed by atoms with van der Waals surface area (Å²) >= 11 is 1.02. The van der Waals surface area contributed by atoms with E-state index in [0.29, 0.717) is 16.6 Å². The molecule has 0 atom stereocenters. The molecule has 0 amide bonds. The van der Waals surface area contributed by atoms with Crippen molar-refractivity contribution in [3.63, 3.8) is 0 Å². The fourth-order valence-electron chi connectivity index (χ4n) is 0.989. The smallest absolute Gasteiger partial charge is 0.364 e. The second kappa shape index (κ2) is 3.58. The molecule has 7 nitrogen and oxygen atoms in total. The molecule has 0 spiro atoms. The molecule has 0 radical (unpaired) electrons. The van der Waals surface area contributed by atoms with Crippen molar-refractivity contribution in [3.8, 4) is 11.5 Å². The minimum absolute atomic E-state index is 0.235. The van der Waals surface area contributed by atoms with Crippen LogP contribution in [0.1, 0.15) is 0 Å². The summed E-state index contributed by atoms with van der Waals surface area (Å²) in [7, 11) is 0. The number of anilines is 1. The third kappa shape index (κ3) is 1.89. The van der Waals surface area contributed by atoms with E-state index in [1.807, 2.05) is 0 Å². The van der Waals surface area contributed by atoms with Gasteiger partial charge in [-0.1, -0.05) is 0 Å². The van der Waals surface area contributed by atoms with E-state index in [1.54, 1.807) is 6.07 Å². The number of nitrogen functional groups attached to an aromatic ring is 1. The van der Waals surface area contributed by atoms with Crippen LogP contribution in [0.15, 0.2) is 18.2 Å². The highest BCUT2D eigenvalue weighted by Gasteiger charge is 2.14. The van der Waals surface area contributed by atoms with Gasteiger partial charge in [0.25, 0.3) is 0 Å². The fraction of sp³-hybridized carbons (Fsp3) is 0. The molecule has 8 heteroatoms. The molecule has 0 aliphatic rings. The standard InChI is InChI=1S/C7H5N5O2S/c8-7-10-6(11-15-7)4-2-1-3-5(9-4)12(13)14/h1-3H,(H2,8,10,11). The van der Waals surface area contributed by atoms with Crippen LogP contribution in [-0.4, -0.2) is 19.3 Å². The monoisotopic (exact) mass is 223 g/mol. The zero-order chi connectivity index (χ0) is 10.8. The van der Waals surface area contributed by atoms with Gasteiger partial charge in [-0.3, -0.25) is 0 Å². The first-order valence-electron chi connectivity index (χ1n) is 3.88. The number of pyridine rings is 1. The van der Waals surface area contributed by atoms with E-state index in [4.69, 9.17) is 5.73 Å². The van der Waals surface area contributed by atoms with Gasteiger partial charge in [0.05, 0.1) is 0 Å². The Bertz CT molecular complexity index is 512. The van der Waals surface area contributed by atoms with E-state index in [9.17, 15) is 10.1 Å². The van der Waals surface area contributed by atoms with Crippen LogP contribution in [-0.2, 0) is 0 Å². The second-order valence-corrected chi connectivity index (χ2v) is 3.38. The van der Waals surface area contributed by atoms with Crippen LogP contribution in [0.4, 0.5) is 10.9 Å². The Hall–Kier alpha value is -2.09. The maximum atomic E-state index is 10.5. The molecular weight excluding hydrogens is 218 g/mol. The minimum Gasteiger partial charge on any atom is -0.374 e. The molecule has 0 aliphatic heterocycles. The summed E-state index contributed by atoms with van der Waals surface area (Å²) in [5.74, 6) is 0.0714. The van der Waals surface area contributed by atoms with Crippen LogP contribution >= 0.6 is 11.5 Å². The lowest BCUT2D eigenvalue weighted by Gasteiger charge is -1.91. The van der Waals surface area contributed by atoms with Crippen LogP contribution in [0.5, 0.6) is 0 Å². The van der Waals surface area contributed by atoms with Gasteiger partial charge in [-0.2, -0.15) is 9.36 Å². The largest absolute Gasteiger partial charge is 0.374 e. The summed E-state index contributed by atoms with van der Waals surface area (Å²) < 4.78 is 3.91. The summed E-state index contributed by atoms with van der Waals surface area (Å²) in [5, 5.41) is 10.8. The predicted octanol–water partition coefficient (Wildman–Crippen LogP) is 1.09. The lowest BCUT2D eigenvalue weighted by molar-refractivity contribution is -0.389. The average molecular weight is 223 g/mol. The van der Waals surface area contributed by atoms with Gasteiger partial charge >= 0.3 is 5.82 Å². The Morgan fingerprint density at radius 3 is 2.80 bits per heavy atom. The fourth-order valence-corrected chi connectivity index (χ4v) is 1.43. The highest BCUT2D eigenvalue weighted by atomic mass is 32.1. The number of aromatic nitrogens is 3. The number of hydrogen-bond donors (Lipinski definition) is 1. The van der Waals surface area contributed by atoms with Crippen LogP contribution in [0.2, 0.25) is 0 Å². The van der Waals surface area contributed by atoms with E-state index >= 15 is 0 Å². The van der Waals surface area contributed by atoms with Gasteiger partial charge in [0.15, 0.2) is 5.13 Å². The molecule has 0 saturated heterocycles. The summed E-state index contributed by atoms with van der Waals surface area (Å²) in [6.07, 6.45) is 0. The molecule has 0 unspecified atom stereocenters. The summed E-state index contributed by atoms with van der Waals surface area (Å²) in [6, 6.07) is 4.42. The minimum atomic E-state index is -0.570. The Balaban J connectivity index is 2.45.